The van der Waals surface area contributed by atoms with Gasteiger partial charge in [-0.15, -0.1) is 0 Å². The highest BCUT2D eigenvalue weighted by Gasteiger charge is 2.70. The van der Waals surface area contributed by atoms with Crippen LogP contribution in [-0.2, 0) is 94.4 Å². The van der Waals surface area contributed by atoms with Crippen molar-refractivity contribution in [3.63, 3.8) is 0 Å². The summed E-state index contributed by atoms with van der Waals surface area (Å²) in [6.07, 6.45) is 7.47. The standard InChI is InChI=1S/C106H163N15O22/c1-25-61(14)82(93(131)118-85(95(133)116-83(62(15)26-2)92(130)113-80(59(10)11)97(135)136)64(17)143-98(137)81(60(12)13)114-88(126)72(110-86(124)70(107)27-3)53-65-33-29-28-30-34-65)115-87(125)71(35-31-51-108-100(139)142-55-66-37-39-67(40-38-66)121(140)141)109-89(127)73-36-32-52-120(73)96(134)79(58(8)9)112-90(128)77(56(4)5)111-94(132)84(63(16)122)117-91(129)78(57(6)7)119-99(138)106-49-47-101(18,19)54-69(106)68-41-42-75-103(22)45-44-76(123)102(20,21)74(103)43-46-105(75,24)104(68,23)48-50-106/h27-30,33-34,37-41,56-64,69,71-75,77-85,122H,25-26,31-32,35-36,42-55,107H2,1-24H3,(H,108,139)(H,109,127)(H,110,124)(H,111,132)(H,112,128)(H,113,130)(H,114,126)(H,115,125)(H,116,133)(H,117,129)(H,118,131)(H,119,138)(H,135,136)/b70-27-/t61-,62-,63+,64+,69-,71-,72-,73+,74-,75+,77-,78+,79+,80+,81-,82+,83+,84-,85+,103-,104+,105+,106-/m0/s1. The van der Waals surface area contributed by atoms with E-state index in [1.54, 1.807) is 127 Å². The fourth-order valence-electron chi connectivity index (χ4n) is 22.7. The van der Waals surface area contributed by atoms with Gasteiger partial charge in [0.15, 0.2) is 0 Å². The first-order chi connectivity index (χ1) is 66.8. The van der Waals surface area contributed by atoms with Gasteiger partial charge in [0.1, 0.15) is 91.0 Å². The van der Waals surface area contributed by atoms with Crippen molar-refractivity contribution in [2.75, 3.05) is 13.1 Å². The topological polar surface area (TPSA) is 549 Å². The number of nitrogens with two attached hydrogens (primary N) is 1. The molecule has 2 aromatic rings. The summed E-state index contributed by atoms with van der Waals surface area (Å²) in [6.45, 7) is 42.7. The quantitative estimate of drug-likeness (QED) is 0.00733. The first-order valence-corrected chi connectivity index (χ1v) is 51.4. The molecule has 13 amide bonds. The lowest BCUT2D eigenvalue weighted by Gasteiger charge is -2.70. The summed E-state index contributed by atoms with van der Waals surface area (Å²) < 4.78 is 11.4. The number of ether oxygens (including phenoxy) is 2. The first kappa shape index (κ1) is 117. The van der Waals surface area contributed by atoms with Crippen LogP contribution in [-0.4, -0.2) is 213 Å². The largest absolute Gasteiger partial charge is 0.480 e. The van der Waals surface area contributed by atoms with E-state index in [4.69, 9.17) is 15.2 Å². The highest BCUT2D eigenvalue weighted by atomic mass is 16.6. The van der Waals surface area contributed by atoms with Crippen LogP contribution in [0.5, 0.6) is 0 Å². The number of esters is 1. The van der Waals surface area contributed by atoms with Gasteiger partial charge >= 0.3 is 18.0 Å². The molecular formula is C106H163N15O22. The molecule has 0 spiro atoms. The van der Waals surface area contributed by atoms with E-state index in [0.29, 0.717) is 42.1 Å². The van der Waals surface area contributed by atoms with Crippen LogP contribution in [0, 0.1) is 102 Å². The maximum atomic E-state index is 15.7. The number of fused-ring (bicyclic) bond motifs is 7. The number of carbonyl (C=O) groups is 16. The lowest BCUT2D eigenvalue weighted by Crippen LogP contribution is -2.66. The minimum Gasteiger partial charge on any atom is -0.480 e. The zero-order chi connectivity index (χ0) is 107. The summed E-state index contributed by atoms with van der Waals surface area (Å²) in [6, 6.07) is -4.04. The van der Waals surface area contributed by atoms with Gasteiger partial charge in [0.25, 0.3) is 11.6 Å². The molecule has 23 atom stereocenters. The van der Waals surface area contributed by atoms with Crippen molar-refractivity contribution in [1.82, 2.24) is 68.7 Å². The number of nitrogens with one attached hydrogen (secondary N) is 12. The Balaban J connectivity index is 1.02. The van der Waals surface area contributed by atoms with E-state index in [1.165, 1.54) is 61.6 Å². The Hall–Kier alpha value is -11.4. The number of allylic oxidation sites excluding steroid dienone is 3. The maximum absolute atomic E-state index is 15.7. The molecule has 5 aliphatic carbocycles. The number of amides is 13. The molecule has 8 rings (SSSR count). The number of aliphatic hydroxyl groups excluding tert-OH is 1. The Kier molecular flexibility index (Phi) is 40.4. The highest BCUT2D eigenvalue weighted by molar-refractivity contribution is 6.01. The second kappa shape index (κ2) is 49.5. The van der Waals surface area contributed by atoms with E-state index in [2.05, 4.69) is 118 Å². The van der Waals surface area contributed by atoms with Crippen LogP contribution in [0.3, 0.4) is 0 Å². The summed E-state index contributed by atoms with van der Waals surface area (Å²) in [4.78, 5) is 245. The van der Waals surface area contributed by atoms with E-state index >= 15 is 28.8 Å². The zero-order valence-corrected chi connectivity index (χ0v) is 88.4. The van der Waals surface area contributed by atoms with Crippen LogP contribution in [0.1, 0.15) is 280 Å². The molecule has 0 bridgehead atoms. The first-order valence-electron chi connectivity index (χ1n) is 51.4. The number of carboxylic acids is 1. The Morgan fingerprint density at radius 1 is 0.559 bits per heavy atom. The number of non-ortho nitro benzene ring substituents is 1. The number of benzene rings is 2. The molecule has 1 saturated heterocycles. The number of hydrogen-bond acceptors (Lipinski definition) is 22. The Morgan fingerprint density at radius 2 is 1.06 bits per heavy atom. The molecule has 5 fully saturated rings. The number of likely N-dealkylation sites (tertiary alicyclic amines) is 1. The fourth-order valence-corrected chi connectivity index (χ4v) is 22.7. The molecule has 16 N–H and O–H groups in total. The normalized spacial score (nSPS) is 24.8. The van der Waals surface area contributed by atoms with Crippen molar-refractivity contribution in [2.45, 2.75) is 367 Å². The molecule has 37 heteroatoms. The summed E-state index contributed by atoms with van der Waals surface area (Å²) >= 11 is 0. The number of nitro benzene ring substituents is 1. The van der Waals surface area contributed by atoms with Crippen LogP contribution < -0.4 is 69.5 Å². The third-order valence-electron chi connectivity index (χ3n) is 32.4. The maximum Gasteiger partial charge on any atom is 0.407 e. The van der Waals surface area contributed by atoms with Gasteiger partial charge in [-0.05, 0) is 208 Å². The molecule has 1 aliphatic heterocycles. The van der Waals surface area contributed by atoms with Crippen molar-refractivity contribution in [2.24, 2.45) is 97.4 Å². The SMILES string of the molecule is C/C=C(\N)C(=O)N[C@@H](Cc1ccccc1)C(=O)N[C@H](C(=O)O[C@H](C)[C@@H](NC(=O)[C@H](NC(=O)[C@H](CCCNC(=O)OCc1ccc([N+](=O)[O-])cc1)NC(=O)[C@H]1CCCN1C(=O)[C@H](NC(=O)[C@@H](NC(=O)[C@@H](NC(=O)[C@H](NC(=O)[C@]12CCC(C)(C)C[C@H]1C1=CC[C@@H]3[C@@]4(C)CCC(=O)C(C)(C)[C@@H]4CC[C@@]3(C)[C@]1(C)CC2)C(C)C)[C@@H](C)O)C(C)C)C(C)C)[C@@H](C)CC)C(=O)N[C@@H](C(=O)N[C@@H](C(=O)O)C(C)C)[C@@H](C)CC)C(C)C. The number of aliphatic carboxylic acids is 1. The number of nitrogens with zero attached hydrogens (tertiary/aromatic N) is 2. The van der Waals surface area contributed by atoms with E-state index in [-0.39, 0.29) is 115 Å². The van der Waals surface area contributed by atoms with E-state index in [9.17, 15) is 68.3 Å². The van der Waals surface area contributed by atoms with Gasteiger partial charge in [-0.1, -0.05) is 206 Å². The molecule has 6 aliphatic rings. The number of hydrogen-bond donors (Lipinski definition) is 15. The van der Waals surface area contributed by atoms with Gasteiger partial charge in [0.2, 0.25) is 65.0 Å². The Bertz CT molecular complexity index is 5000. The third-order valence-corrected chi connectivity index (χ3v) is 32.4. The van der Waals surface area contributed by atoms with Crippen molar-refractivity contribution in [3.8, 4) is 0 Å². The molecular weight excluding hydrogens is 1840 g/mol. The van der Waals surface area contributed by atoms with E-state index in [1.807, 2.05) is 0 Å². The lowest BCUT2D eigenvalue weighted by atomic mass is 9.33. The molecule has 0 aromatic heterocycles. The number of Topliss-reactive ketones (excluding diaryl/α,β-unsaturated/α-hetero) is 1. The Labute approximate surface area is 842 Å². The van der Waals surface area contributed by atoms with Crippen LogP contribution >= 0.6 is 0 Å². The van der Waals surface area contributed by atoms with E-state index in [0.717, 1.165) is 44.9 Å². The minimum atomic E-state index is -1.98. The highest BCUT2D eigenvalue weighted by Crippen LogP contribution is 2.76. The smallest absolute Gasteiger partial charge is 0.407 e. The number of aliphatic hydroxyl groups is 1. The van der Waals surface area contributed by atoms with Crippen molar-refractivity contribution in [1.29, 1.82) is 0 Å². The molecule has 1 heterocycles. The summed E-state index contributed by atoms with van der Waals surface area (Å²) in [5.41, 5.74) is 6.13. The Morgan fingerprint density at radius 3 is 1.62 bits per heavy atom. The van der Waals surface area contributed by atoms with Crippen LogP contribution in [0.2, 0.25) is 0 Å². The molecule has 0 radical (unpaired) electrons. The van der Waals surface area contributed by atoms with Crippen LogP contribution in [0.15, 0.2) is 78.0 Å². The van der Waals surface area contributed by atoms with Gasteiger partial charge in [-0.25, -0.2) is 14.4 Å². The van der Waals surface area contributed by atoms with Crippen LogP contribution in [0.25, 0.3) is 0 Å². The molecule has 0 unspecified atom stereocenters. The average molecular weight is 2000 g/mol. The number of rotatable bonds is 46. The summed E-state index contributed by atoms with van der Waals surface area (Å²) in [7, 11) is 0. The molecule has 143 heavy (non-hydrogen) atoms. The van der Waals surface area contributed by atoms with Crippen molar-refractivity contribution < 1.29 is 101 Å². The molecule has 37 nitrogen and oxygen atoms in total. The molecule has 4 saturated carbocycles. The average Bonchev–Trinajstić information content (AvgIpc) is 1.00. The predicted molar refractivity (Wildman–Crippen MR) is 537 cm³/mol. The second-order valence-corrected chi connectivity index (χ2v) is 44.8. The van der Waals surface area contributed by atoms with Crippen LogP contribution in [0.4, 0.5) is 10.5 Å². The summed E-state index contributed by atoms with van der Waals surface area (Å²) in [5.74, 6) is -16.7. The number of carbonyl (C=O) groups excluding carboxylic acids is 15. The zero-order valence-electron chi connectivity index (χ0n) is 88.4. The predicted octanol–water partition coefficient (Wildman–Crippen LogP) is 9.17. The minimum absolute atomic E-state index is 0.0266. The number of alkyl carbamates (subject to hydrolysis) is 1. The number of ketones is 1. The monoisotopic (exact) mass is 2000 g/mol. The van der Waals surface area contributed by atoms with Gasteiger partial charge < -0.3 is 94.1 Å². The van der Waals surface area contributed by atoms with Crippen molar-refractivity contribution in [3.05, 3.63) is 99.3 Å². The fraction of sp³-hybridized carbons (Fsp3) is 0.698. The molecule has 794 valence electrons. The lowest BCUT2D eigenvalue weighted by molar-refractivity contribution is -0.384. The summed E-state index contributed by atoms with van der Waals surface area (Å²) in [5, 5.41) is 65.6. The van der Waals surface area contributed by atoms with Gasteiger partial charge in [-0.3, -0.25) is 72.4 Å². The van der Waals surface area contributed by atoms with Gasteiger partial charge in [-0.2, -0.15) is 0 Å². The molecule has 2 aromatic carbocycles. The number of nitro groups is 1. The second-order valence-electron chi connectivity index (χ2n) is 44.8. The van der Waals surface area contributed by atoms with E-state index < -0.39 is 225 Å². The van der Waals surface area contributed by atoms with Crippen molar-refractivity contribution >= 4 is 100 Å². The third kappa shape index (κ3) is 27.6. The van der Waals surface area contributed by atoms with Gasteiger partial charge in [0, 0.05) is 43.5 Å². The van der Waals surface area contributed by atoms with Gasteiger partial charge in [0.05, 0.1) is 22.1 Å². The number of carboxylic acid groups (broad SMARTS) is 1.